The molecule has 0 radical (unpaired) electrons. The predicted octanol–water partition coefficient (Wildman–Crippen LogP) is 3.12. The lowest BCUT2D eigenvalue weighted by atomic mass is 10.3. The Morgan fingerprint density at radius 2 is 2.38 bits per heavy atom. The zero-order valence-corrected chi connectivity index (χ0v) is 9.02. The summed E-state index contributed by atoms with van der Waals surface area (Å²) in [5, 5.41) is 9.39. The molecule has 0 fully saturated rings. The van der Waals surface area contributed by atoms with Crippen molar-refractivity contribution in [3.05, 3.63) is 27.7 Å². The summed E-state index contributed by atoms with van der Waals surface area (Å²) < 4.78 is 2.15. The maximum absolute atomic E-state index is 8.51. The van der Waals surface area contributed by atoms with E-state index in [0.29, 0.717) is 6.42 Å². The maximum atomic E-state index is 8.51. The van der Waals surface area contributed by atoms with Crippen molar-refractivity contribution in [3.63, 3.8) is 0 Å². The normalized spacial score (nSPS) is 10.2. The van der Waals surface area contributed by atoms with Gasteiger partial charge in [-0.15, -0.1) is 11.3 Å². The number of halogens is 1. The average molecular weight is 253 g/mol. The number of nitrogens with zero attached hydrogens (tertiary/aromatic N) is 2. The Bertz CT molecular complexity index is 484. The molecule has 1 aromatic carbocycles. The van der Waals surface area contributed by atoms with E-state index in [-0.39, 0.29) is 0 Å². The Morgan fingerprint density at radius 1 is 1.54 bits per heavy atom. The molecule has 4 heteroatoms. The summed E-state index contributed by atoms with van der Waals surface area (Å²) in [5.74, 6) is 0. The van der Waals surface area contributed by atoms with Crippen molar-refractivity contribution < 1.29 is 0 Å². The van der Waals surface area contributed by atoms with Gasteiger partial charge in [-0.3, -0.25) is 0 Å². The van der Waals surface area contributed by atoms with E-state index >= 15 is 0 Å². The second kappa shape index (κ2) is 3.44. The molecule has 0 aliphatic rings. The van der Waals surface area contributed by atoms with Gasteiger partial charge in [0, 0.05) is 4.47 Å². The van der Waals surface area contributed by atoms with Crippen molar-refractivity contribution in [2.24, 2.45) is 0 Å². The third kappa shape index (κ3) is 1.71. The van der Waals surface area contributed by atoms with Crippen molar-refractivity contribution >= 4 is 37.5 Å². The van der Waals surface area contributed by atoms with Crippen LogP contribution in [0.2, 0.25) is 0 Å². The first-order valence-corrected chi connectivity index (χ1v) is 5.32. The number of benzene rings is 1. The molecule has 0 saturated carbocycles. The van der Waals surface area contributed by atoms with E-state index in [1.165, 1.54) is 0 Å². The van der Waals surface area contributed by atoms with E-state index in [4.69, 9.17) is 5.26 Å². The van der Waals surface area contributed by atoms with E-state index in [1.807, 2.05) is 18.2 Å². The summed E-state index contributed by atoms with van der Waals surface area (Å²) >= 11 is 4.96. The molecule has 0 spiro atoms. The molecular formula is C9H5BrN2S. The quantitative estimate of drug-likeness (QED) is 0.782. The smallest absolute Gasteiger partial charge is 0.108 e. The zero-order chi connectivity index (χ0) is 9.26. The van der Waals surface area contributed by atoms with Crippen LogP contribution in [0.1, 0.15) is 5.01 Å². The lowest BCUT2D eigenvalue weighted by molar-refractivity contribution is 1.21. The van der Waals surface area contributed by atoms with Crippen LogP contribution in [-0.2, 0) is 6.42 Å². The Kier molecular flexibility index (Phi) is 2.30. The lowest BCUT2D eigenvalue weighted by Gasteiger charge is -1.87. The number of nitriles is 1. The van der Waals surface area contributed by atoms with Crippen LogP contribution < -0.4 is 0 Å². The van der Waals surface area contributed by atoms with Crippen molar-refractivity contribution in [2.75, 3.05) is 0 Å². The van der Waals surface area contributed by atoms with Gasteiger partial charge in [0.1, 0.15) is 5.01 Å². The van der Waals surface area contributed by atoms with Crippen LogP contribution in [-0.4, -0.2) is 4.98 Å². The first-order chi connectivity index (χ1) is 6.29. The Labute approximate surface area is 88.0 Å². The van der Waals surface area contributed by atoms with E-state index in [0.717, 1.165) is 19.7 Å². The fourth-order valence-electron chi connectivity index (χ4n) is 1.09. The largest absolute Gasteiger partial charge is 0.240 e. The third-order valence-corrected chi connectivity index (χ3v) is 3.15. The first kappa shape index (κ1) is 8.67. The molecule has 0 aliphatic heterocycles. The minimum absolute atomic E-state index is 0.400. The van der Waals surface area contributed by atoms with E-state index in [2.05, 4.69) is 27.0 Å². The third-order valence-electron chi connectivity index (χ3n) is 1.62. The molecule has 0 unspecified atom stereocenters. The van der Waals surface area contributed by atoms with Crippen LogP contribution >= 0.6 is 27.3 Å². The number of rotatable bonds is 1. The standard InChI is InChI=1S/C9H5BrN2S/c10-6-1-2-8-7(5-6)12-9(13-8)3-4-11/h1-2,5H,3H2. The molecule has 13 heavy (non-hydrogen) atoms. The SMILES string of the molecule is N#CCc1nc2cc(Br)ccc2s1. The van der Waals surface area contributed by atoms with Crippen molar-refractivity contribution in [1.82, 2.24) is 4.98 Å². The molecule has 1 heterocycles. The van der Waals surface area contributed by atoms with Gasteiger partial charge in [-0.05, 0) is 18.2 Å². The van der Waals surface area contributed by atoms with Gasteiger partial charge in [-0.2, -0.15) is 5.26 Å². The van der Waals surface area contributed by atoms with Gasteiger partial charge in [-0.1, -0.05) is 15.9 Å². The number of hydrogen-bond acceptors (Lipinski definition) is 3. The minimum atomic E-state index is 0.400. The first-order valence-electron chi connectivity index (χ1n) is 3.71. The second-order valence-corrected chi connectivity index (χ2v) is 4.59. The summed E-state index contributed by atoms with van der Waals surface area (Å²) in [7, 11) is 0. The summed E-state index contributed by atoms with van der Waals surface area (Å²) in [4.78, 5) is 4.33. The lowest BCUT2D eigenvalue weighted by Crippen LogP contribution is -1.76. The van der Waals surface area contributed by atoms with Gasteiger partial charge in [0.15, 0.2) is 0 Å². The predicted molar refractivity (Wildman–Crippen MR) is 56.6 cm³/mol. The highest BCUT2D eigenvalue weighted by Gasteiger charge is 2.02. The van der Waals surface area contributed by atoms with Gasteiger partial charge in [0.2, 0.25) is 0 Å². The van der Waals surface area contributed by atoms with Gasteiger partial charge >= 0.3 is 0 Å². The van der Waals surface area contributed by atoms with Crippen LogP contribution in [0.25, 0.3) is 10.2 Å². The maximum Gasteiger partial charge on any atom is 0.108 e. The van der Waals surface area contributed by atoms with Crippen LogP contribution in [0, 0.1) is 11.3 Å². The van der Waals surface area contributed by atoms with Gasteiger partial charge in [0.05, 0.1) is 22.7 Å². The summed E-state index contributed by atoms with van der Waals surface area (Å²) in [5.41, 5.74) is 0.963. The Hall–Kier alpha value is -0.920. The van der Waals surface area contributed by atoms with Gasteiger partial charge < -0.3 is 0 Å². The molecule has 64 valence electrons. The van der Waals surface area contributed by atoms with Crippen LogP contribution in [0.15, 0.2) is 22.7 Å². The molecule has 2 rings (SSSR count). The minimum Gasteiger partial charge on any atom is -0.240 e. The van der Waals surface area contributed by atoms with E-state index < -0.39 is 0 Å². The van der Waals surface area contributed by atoms with Gasteiger partial charge in [0.25, 0.3) is 0 Å². The molecule has 1 aromatic heterocycles. The van der Waals surface area contributed by atoms with E-state index in [9.17, 15) is 0 Å². The highest BCUT2D eigenvalue weighted by Crippen LogP contribution is 2.25. The van der Waals surface area contributed by atoms with Crippen LogP contribution in [0.5, 0.6) is 0 Å². The molecule has 0 bridgehead atoms. The molecule has 0 atom stereocenters. The molecule has 0 N–H and O–H groups in total. The summed E-state index contributed by atoms with van der Waals surface area (Å²) in [6.07, 6.45) is 0.400. The van der Waals surface area contributed by atoms with Crippen LogP contribution in [0.3, 0.4) is 0 Å². The van der Waals surface area contributed by atoms with Gasteiger partial charge in [-0.25, -0.2) is 4.98 Å². The number of thiazole rings is 1. The molecule has 2 aromatic rings. The highest BCUT2D eigenvalue weighted by atomic mass is 79.9. The van der Waals surface area contributed by atoms with Crippen molar-refractivity contribution in [3.8, 4) is 6.07 Å². The van der Waals surface area contributed by atoms with Crippen molar-refractivity contribution in [2.45, 2.75) is 6.42 Å². The Morgan fingerprint density at radius 3 is 3.15 bits per heavy atom. The zero-order valence-electron chi connectivity index (χ0n) is 6.62. The fraction of sp³-hybridized carbons (Fsp3) is 0.111. The van der Waals surface area contributed by atoms with E-state index in [1.54, 1.807) is 11.3 Å². The molecular weight excluding hydrogens is 248 g/mol. The van der Waals surface area contributed by atoms with Crippen LogP contribution in [0.4, 0.5) is 0 Å². The number of aromatic nitrogens is 1. The Balaban J connectivity index is 2.57. The highest BCUT2D eigenvalue weighted by molar-refractivity contribution is 9.10. The average Bonchev–Trinajstić information content (AvgIpc) is 2.46. The summed E-state index contributed by atoms with van der Waals surface area (Å²) in [6, 6.07) is 8.06. The monoisotopic (exact) mass is 252 g/mol. The second-order valence-electron chi connectivity index (χ2n) is 2.55. The summed E-state index contributed by atoms with van der Waals surface area (Å²) in [6.45, 7) is 0. The molecule has 2 nitrogen and oxygen atoms in total. The topological polar surface area (TPSA) is 36.7 Å². The van der Waals surface area contributed by atoms with Crippen molar-refractivity contribution in [1.29, 1.82) is 5.26 Å². The molecule has 0 amide bonds. The number of fused-ring (bicyclic) bond motifs is 1. The number of hydrogen-bond donors (Lipinski definition) is 0. The fourth-order valence-corrected chi connectivity index (χ4v) is 2.32. The molecule has 0 aliphatic carbocycles. The molecule has 0 saturated heterocycles.